The zero-order valence-electron chi connectivity index (χ0n) is 11.9. The maximum absolute atomic E-state index is 14.2. The Balaban J connectivity index is 1.86. The molecule has 2 unspecified atom stereocenters. The Morgan fingerprint density at radius 3 is 2.76 bits per heavy atom. The zero-order chi connectivity index (χ0) is 14.7. The van der Waals surface area contributed by atoms with Gasteiger partial charge in [0.2, 0.25) is 0 Å². The lowest BCUT2D eigenvalue weighted by Crippen LogP contribution is -2.36. The van der Waals surface area contributed by atoms with Crippen molar-refractivity contribution in [3.8, 4) is 0 Å². The summed E-state index contributed by atoms with van der Waals surface area (Å²) >= 11 is 6.06. The second kappa shape index (κ2) is 6.59. The van der Waals surface area contributed by atoms with Crippen molar-refractivity contribution in [2.75, 3.05) is 13.1 Å². The standard InChI is InChI=1S/C18H19ClFN/c19-15-6-7-18(20)17(11-15)16-8-9-21-12-14(16)10-13-4-2-1-3-5-13/h1-7,11,14,16,21H,8-10,12H2. The summed E-state index contributed by atoms with van der Waals surface area (Å²) in [5.41, 5.74) is 2.07. The zero-order valence-corrected chi connectivity index (χ0v) is 12.6. The fourth-order valence-electron chi connectivity index (χ4n) is 3.26. The normalized spacial score (nSPS) is 22.2. The Morgan fingerprint density at radius 2 is 1.95 bits per heavy atom. The lowest BCUT2D eigenvalue weighted by atomic mass is 9.78. The van der Waals surface area contributed by atoms with Crippen molar-refractivity contribution in [3.05, 3.63) is 70.5 Å². The number of halogens is 2. The van der Waals surface area contributed by atoms with Crippen LogP contribution in [0.1, 0.15) is 23.5 Å². The predicted molar refractivity (Wildman–Crippen MR) is 85.3 cm³/mol. The summed E-state index contributed by atoms with van der Waals surface area (Å²) in [6.07, 6.45) is 1.92. The molecular formula is C18H19ClFN. The first-order valence-electron chi connectivity index (χ1n) is 7.43. The topological polar surface area (TPSA) is 12.0 Å². The van der Waals surface area contributed by atoms with Gasteiger partial charge in [-0.25, -0.2) is 4.39 Å². The molecular weight excluding hydrogens is 285 g/mol. The Labute approximate surface area is 130 Å². The van der Waals surface area contributed by atoms with Crippen molar-refractivity contribution < 1.29 is 4.39 Å². The molecule has 2 atom stereocenters. The summed E-state index contributed by atoms with van der Waals surface area (Å²) < 4.78 is 14.2. The quantitative estimate of drug-likeness (QED) is 0.885. The minimum Gasteiger partial charge on any atom is -0.316 e. The second-order valence-electron chi connectivity index (χ2n) is 5.71. The molecule has 1 heterocycles. The van der Waals surface area contributed by atoms with Crippen LogP contribution in [-0.4, -0.2) is 13.1 Å². The Bertz CT molecular complexity index is 599. The number of piperidine rings is 1. The van der Waals surface area contributed by atoms with E-state index in [1.165, 1.54) is 11.6 Å². The van der Waals surface area contributed by atoms with Crippen LogP contribution >= 0.6 is 11.6 Å². The molecule has 0 amide bonds. The molecule has 110 valence electrons. The average molecular weight is 304 g/mol. The summed E-state index contributed by atoms with van der Waals surface area (Å²) in [6, 6.07) is 15.3. The number of nitrogens with one attached hydrogen (secondary N) is 1. The van der Waals surface area contributed by atoms with E-state index in [9.17, 15) is 4.39 Å². The summed E-state index contributed by atoms with van der Waals surface area (Å²) in [6.45, 7) is 1.85. The highest BCUT2D eigenvalue weighted by Gasteiger charge is 2.28. The molecule has 21 heavy (non-hydrogen) atoms. The molecule has 0 spiro atoms. The minimum atomic E-state index is -0.135. The minimum absolute atomic E-state index is 0.135. The molecule has 0 aliphatic carbocycles. The van der Waals surface area contributed by atoms with E-state index in [4.69, 9.17) is 11.6 Å². The van der Waals surface area contributed by atoms with Gasteiger partial charge in [0.1, 0.15) is 5.82 Å². The van der Waals surface area contributed by atoms with Crippen molar-refractivity contribution in [2.24, 2.45) is 5.92 Å². The van der Waals surface area contributed by atoms with Crippen LogP contribution in [0, 0.1) is 11.7 Å². The van der Waals surface area contributed by atoms with Crippen LogP contribution in [0.3, 0.4) is 0 Å². The van der Waals surface area contributed by atoms with Crippen LogP contribution in [0.25, 0.3) is 0 Å². The highest BCUT2D eigenvalue weighted by molar-refractivity contribution is 6.30. The highest BCUT2D eigenvalue weighted by Crippen LogP contribution is 2.35. The van der Waals surface area contributed by atoms with E-state index in [0.29, 0.717) is 10.9 Å². The SMILES string of the molecule is Fc1ccc(Cl)cc1C1CCNCC1Cc1ccccc1. The van der Waals surface area contributed by atoms with Crippen molar-refractivity contribution in [3.63, 3.8) is 0 Å². The average Bonchev–Trinajstić information content (AvgIpc) is 2.51. The molecule has 0 bridgehead atoms. The lowest BCUT2D eigenvalue weighted by molar-refractivity contribution is 0.317. The number of hydrogen-bond acceptors (Lipinski definition) is 1. The summed E-state index contributed by atoms with van der Waals surface area (Å²) in [4.78, 5) is 0. The van der Waals surface area contributed by atoms with Gasteiger partial charge in [0.15, 0.2) is 0 Å². The van der Waals surface area contributed by atoms with Gasteiger partial charge in [0.25, 0.3) is 0 Å². The van der Waals surface area contributed by atoms with Gasteiger partial charge >= 0.3 is 0 Å². The first-order valence-corrected chi connectivity index (χ1v) is 7.81. The van der Waals surface area contributed by atoms with E-state index in [1.54, 1.807) is 12.1 Å². The molecule has 3 rings (SSSR count). The Morgan fingerprint density at radius 1 is 1.14 bits per heavy atom. The third kappa shape index (κ3) is 3.45. The van der Waals surface area contributed by atoms with Gasteiger partial charge in [-0.1, -0.05) is 41.9 Å². The van der Waals surface area contributed by atoms with E-state index in [1.807, 2.05) is 6.07 Å². The van der Waals surface area contributed by atoms with Crippen molar-refractivity contribution in [2.45, 2.75) is 18.8 Å². The molecule has 2 aromatic rings. The molecule has 2 aromatic carbocycles. The van der Waals surface area contributed by atoms with E-state index in [-0.39, 0.29) is 11.7 Å². The largest absolute Gasteiger partial charge is 0.316 e. The number of benzene rings is 2. The molecule has 0 radical (unpaired) electrons. The highest BCUT2D eigenvalue weighted by atomic mass is 35.5. The Kier molecular flexibility index (Phi) is 4.57. The molecule has 1 saturated heterocycles. The maximum Gasteiger partial charge on any atom is 0.126 e. The van der Waals surface area contributed by atoms with Gasteiger partial charge in [-0.15, -0.1) is 0 Å². The van der Waals surface area contributed by atoms with Crippen LogP contribution in [0.5, 0.6) is 0 Å². The predicted octanol–water partition coefficient (Wildman–Crippen LogP) is 4.41. The van der Waals surface area contributed by atoms with E-state index in [2.05, 4.69) is 29.6 Å². The number of hydrogen-bond donors (Lipinski definition) is 1. The molecule has 3 heteroatoms. The third-order valence-electron chi connectivity index (χ3n) is 4.31. The maximum atomic E-state index is 14.2. The summed E-state index contributed by atoms with van der Waals surface area (Å²) in [5, 5.41) is 4.05. The molecule has 1 N–H and O–H groups in total. The van der Waals surface area contributed by atoms with Crippen LogP contribution in [-0.2, 0) is 6.42 Å². The molecule has 1 nitrogen and oxygen atoms in total. The smallest absolute Gasteiger partial charge is 0.126 e. The van der Waals surface area contributed by atoms with Crippen LogP contribution in [0.2, 0.25) is 5.02 Å². The second-order valence-corrected chi connectivity index (χ2v) is 6.15. The molecule has 0 aromatic heterocycles. The van der Waals surface area contributed by atoms with Gasteiger partial charge in [0.05, 0.1) is 0 Å². The van der Waals surface area contributed by atoms with E-state index in [0.717, 1.165) is 31.5 Å². The lowest BCUT2D eigenvalue weighted by Gasteiger charge is -2.33. The van der Waals surface area contributed by atoms with Crippen LogP contribution in [0.4, 0.5) is 4.39 Å². The summed E-state index contributed by atoms with van der Waals surface area (Å²) in [5.74, 6) is 0.489. The summed E-state index contributed by atoms with van der Waals surface area (Å²) in [7, 11) is 0. The first kappa shape index (κ1) is 14.6. The van der Waals surface area contributed by atoms with Crippen LogP contribution in [0.15, 0.2) is 48.5 Å². The molecule has 0 saturated carbocycles. The molecule has 1 aliphatic rings. The van der Waals surface area contributed by atoms with Crippen LogP contribution < -0.4 is 5.32 Å². The van der Waals surface area contributed by atoms with Crippen molar-refractivity contribution >= 4 is 11.6 Å². The van der Waals surface area contributed by atoms with E-state index >= 15 is 0 Å². The van der Waals surface area contributed by atoms with Crippen molar-refractivity contribution in [1.82, 2.24) is 5.32 Å². The van der Waals surface area contributed by atoms with Gasteiger partial charge in [-0.3, -0.25) is 0 Å². The van der Waals surface area contributed by atoms with Gasteiger partial charge in [-0.05, 0) is 67.1 Å². The van der Waals surface area contributed by atoms with Gasteiger partial charge < -0.3 is 5.32 Å². The first-order chi connectivity index (χ1) is 10.2. The fraction of sp³-hybridized carbons (Fsp3) is 0.333. The monoisotopic (exact) mass is 303 g/mol. The van der Waals surface area contributed by atoms with E-state index < -0.39 is 0 Å². The van der Waals surface area contributed by atoms with Gasteiger partial charge in [-0.2, -0.15) is 0 Å². The fourth-order valence-corrected chi connectivity index (χ4v) is 3.44. The van der Waals surface area contributed by atoms with Gasteiger partial charge in [0, 0.05) is 5.02 Å². The molecule has 1 aliphatic heterocycles. The molecule has 1 fully saturated rings. The number of rotatable bonds is 3. The van der Waals surface area contributed by atoms with Crippen molar-refractivity contribution in [1.29, 1.82) is 0 Å². The Hall–Kier alpha value is -1.38. The third-order valence-corrected chi connectivity index (χ3v) is 4.54.